The van der Waals surface area contributed by atoms with Crippen LogP contribution in [0.3, 0.4) is 0 Å². The smallest absolute Gasteiger partial charge is 0.143 e. The maximum Gasteiger partial charge on any atom is 0.143 e. The minimum atomic E-state index is -0.187. The van der Waals surface area contributed by atoms with Gasteiger partial charge in [0.2, 0.25) is 0 Å². The number of hydrogen-bond acceptors (Lipinski definition) is 2. The maximum absolute atomic E-state index is 12.9. The van der Waals surface area contributed by atoms with E-state index in [0.29, 0.717) is 23.5 Å². The van der Waals surface area contributed by atoms with Crippen molar-refractivity contribution in [3.8, 4) is 0 Å². The van der Waals surface area contributed by atoms with Gasteiger partial charge in [0.05, 0.1) is 6.10 Å². The molecule has 140 valence electrons. The first kappa shape index (κ1) is 17.8. The number of fused-ring (bicyclic) bond motifs is 5. The van der Waals surface area contributed by atoms with Gasteiger partial charge in [-0.1, -0.05) is 39.3 Å². The SMILES string of the molecule is CCC1(CC)C(=O)CC[C@@]2(C)C1=CC[C@H]1[C@@H]3CC[C@H](O)[C@@]3(C)CC[C@@H]12. The molecule has 3 fully saturated rings. The summed E-state index contributed by atoms with van der Waals surface area (Å²) < 4.78 is 0. The Balaban J connectivity index is 1.76. The van der Waals surface area contributed by atoms with Gasteiger partial charge in [-0.15, -0.1) is 0 Å². The molecule has 0 bridgehead atoms. The Morgan fingerprint density at radius 2 is 1.80 bits per heavy atom. The van der Waals surface area contributed by atoms with E-state index in [1.807, 2.05) is 0 Å². The quantitative estimate of drug-likeness (QED) is 0.691. The van der Waals surface area contributed by atoms with Crippen LogP contribution in [0.25, 0.3) is 0 Å². The zero-order valence-electron chi connectivity index (χ0n) is 16.6. The largest absolute Gasteiger partial charge is 0.393 e. The third-order valence-corrected chi connectivity index (χ3v) is 9.54. The van der Waals surface area contributed by atoms with Crippen LogP contribution in [0.15, 0.2) is 11.6 Å². The van der Waals surface area contributed by atoms with E-state index in [1.165, 1.54) is 24.8 Å². The average molecular weight is 345 g/mol. The number of ketones is 1. The summed E-state index contributed by atoms with van der Waals surface area (Å²) in [5.41, 5.74) is 1.66. The molecule has 1 N–H and O–H groups in total. The number of aliphatic hydroxyl groups excluding tert-OH is 1. The number of aliphatic hydroxyl groups is 1. The zero-order valence-corrected chi connectivity index (χ0v) is 16.6. The molecule has 0 radical (unpaired) electrons. The van der Waals surface area contributed by atoms with Crippen molar-refractivity contribution in [2.45, 2.75) is 91.6 Å². The Morgan fingerprint density at radius 3 is 2.48 bits per heavy atom. The van der Waals surface area contributed by atoms with Crippen molar-refractivity contribution in [1.29, 1.82) is 0 Å². The lowest BCUT2D eigenvalue weighted by atomic mass is 9.44. The van der Waals surface area contributed by atoms with Crippen molar-refractivity contribution in [3.63, 3.8) is 0 Å². The minimum Gasteiger partial charge on any atom is -0.393 e. The highest BCUT2D eigenvalue weighted by Crippen LogP contribution is 2.67. The van der Waals surface area contributed by atoms with E-state index in [0.717, 1.165) is 38.5 Å². The Morgan fingerprint density at radius 1 is 1.08 bits per heavy atom. The van der Waals surface area contributed by atoms with E-state index in [-0.39, 0.29) is 22.3 Å². The second-order valence-electron chi connectivity index (χ2n) is 10.00. The van der Waals surface area contributed by atoms with Crippen molar-refractivity contribution < 1.29 is 9.90 Å². The van der Waals surface area contributed by atoms with Crippen LogP contribution in [-0.2, 0) is 4.79 Å². The van der Waals surface area contributed by atoms with Gasteiger partial charge >= 0.3 is 0 Å². The Hall–Kier alpha value is -0.630. The lowest BCUT2D eigenvalue weighted by Crippen LogP contribution is -2.55. The van der Waals surface area contributed by atoms with Crippen molar-refractivity contribution in [1.82, 2.24) is 0 Å². The van der Waals surface area contributed by atoms with Gasteiger partial charge in [-0.3, -0.25) is 4.79 Å². The molecule has 0 amide bonds. The standard InChI is InChI=1S/C23H36O2/c1-5-23(6-2)18-9-7-15-16-8-10-19(24)22(16,4)13-11-17(15)21(18,3)14-12-20(23)25/h9,15-17,19,24H,5-8,10-14H2,1-4H3/t15-,16-,17-,19-,21+,22-/m0/s1. The average Bonchev–Trinajstić information content (AvgIpc) is 2.91. The van der Waals surface area contributed by atoms with Gasteiger partial charge in [-0.05, 0) is 80.0 Å². The fourth-order valence-electron chi connectivity index (χ4n) is 7.92. The summed E-state index contributed by atoms with van der Waals surface area (Å²) in [4.78, 5) is 12.9. The molecule has 3 saturated carbocycles. The van der Waals surface area contributed by atoms with Crippen LogP contribution in [0.1, 0.15) is 85.5 Å². The highest BCUT2D eigenvalue weighted by Gasteiger charge is 2.61. The normalized spacial score (nSPS) is 48.4. The highest BCUT2D eigenvalue weighted by molar-refractivity contribution is 5.89. The number of Topliss-reactive ketones (excluding diaryl/α,β-unsaturated/α-hetero) is 1. The highest BCUT2D eigenvalue weighted by atomic mass is 16.3. The molecule has 4 rings (SSSR count). The molecule has 0 heterocycles. The van der Waals surface area contributed by atoms with Crippen molar-refractivity contribution >= 4 is 5.78 Å². The summed E-state index contributed by atoms with van der Waals surface area (Å²) in [5, 5.41) is 10.6. The van der Waals surface area contributed by atoms with E-state index >= 15 is 0 Å². The van der Waals surface area contributed by atoms with Crippen LogP contribution < -0.4 is 0 Å². The Bertz CT molecular complexity index is 601. The van der Waals surface area contributed by atoms with E-state index in [1.54, 1.807) is 0 Å². The molecule has 6 atom stereocenters. The van der Waals surface area contributed by atoms with E-state index in [9.17, 15) is 9.90 Å². The predicted molar refractivity (Wildman–Crippen MR) is 101 cm³/mol. The molecule has 0 aromatic heterocycles. The molecule has 2 nitrogen and oxygen atoms in total. The molecule has 4 aliphatic carbocycles. The summed E-state index contributed by atoms with van der Waals surface area (Å²) in [6, 6.07) is 0. The summed E-state index contributed by atoms with van der Waals surface area (Å²) >= 11 is 0. The molecule has 0 aromatic rings. The van der Waals surface area contributed by atoms with Gasteiger partial charge in [-0.2, -0.15) is 0 Å². The predicted octanol–water partition coefficient (Wildman–Crippen LogP) is 5.30. The van der Waals surface area contributed by atoms with Gasteiger partial charge in [0.1, 0.15) is 5.78 Å². The summed E-state index contributed by atoms with van der Waals surface area (Å²) in [5.74, 6) is 2.59. The van der Waals surface area contributed by atoms with E-state index in [2.05, 4.69) is 33.8 Å². The molecular formula is C23H36O2. The van der Waals surface area contributed by atoms with Gasteiger partial charge in [0, 0.05) is 11.8 Å². The van der Waals surface area contributed by atoms with Crippen LogP contribution in [-0.4, -0.2) is 17.0 Å². The lowest BCUT2D eigenvalue weighted by molar-refractivity contribution is -0.135. The summed E-state index contributed by atoms with van der Waals surface area (Å²) in [6.07, 6.45) is 11.9. The van der Waals surface area contributed by atoms with Crippen LogP contribution in [0, 0.1) is 34.0 Å². The van der Waals surface area contributed by atoms with Gasteiger partial charge in [0.15, 0.2) is 0 Å². The third kappa shape index (κ3) is 2.10. The molecule has 2 heteroatoms. The molecule has 0 aliphatic heterocycles. The monoisotopic (exact) mass is 344 g/mol. The number of carbonyl (C=O) groups is 1. The molecular weight excluding hydrogens is 308 g/mol. The zero-order chi connectivity index (χ0) is 18.0. The van der Waals surface area contributed by atoms with Crippen LogP contribution >= 0.6 is 0 Å². The van der Waals surface area contributed by atoms with Crippen LogP contribution in [0.5, 0.6) is 0 Å². The summed E-state index contributed by atoms with van der Waals surface area (Å²) in [7, 11) is 0. The fraction of sp³-hybridized carbons (Fsp3) is 0.870. The third-order valence-electron chi connectivity index (χ3n) is 9.54. The topological polar surface area (TPSA) is 37.3 Å². The number of rotatable bonds is 2. The van der Waals surface area contributed by atoms with Crippen LogP contribution in [0.4, 0.5) is 0 Å². The lowest BCUT2D eigenvalue weighted by Gasteiger charge is -2.60. The minimum absolute atomic E-state index is 0.102. The second-order valence-corrected chi connectivity index (χ2v) is 10.00. The van der Waals surface area contributed by atoms with Crippen molar-refractivity contribution in [3.05, 3.63) is 11.6 Å². The Labute approximate surface area is 153 Å². The first-order valence-corrected chi connectivity index (χ1v) is 10.8. The maximum atomic E-state index is 12.9. The van der Waals surface area contributed by atoms with Gasteiger partial charge in [-0.25, -0.2) is 0 Å². The molecule has 0 spiro atoms. The summed E-state index contributed by atoms with van der Waals surface area (Å²) in [6.45, 7) is 9.26. The van der Waals surface area contributed by atoms with Crippen LogP contribution in [0.2, 0.25) is 0 Å². The van der Waals surface area contributed by atoms with Gasteiger partial charge < -0.3 is 5.11 Å². The van der Waals surface area contributed by atoms with Crippen molar-refractivity contribution in [2.24, 2.45) is 34.0 Å². The molecule has 0 unspecified atom stereocenters. The van der Waals surface area contributed by atoms with E-state index in [4.69, 9.17) is 0 Å². The fourth-order valence-corrected chi connectivity index (χ4v) is 7.92. The second kappa shape index (κ2) is 5.68. The number of hydrogen-bond donors (Lipinski definition) is 1. The van der Waals surface area contributed by atoms with E-state index < -0.39 is 0 Å². The number of allylic oxidation sites excluding steroid dienone is 2. The first-order chi connectivity index (χ1) is 11.8. The van der Waals surface area contributed by atoms with Gasteiger partial charge in [0.25, 0.3) is 0 Å². The number of carbonyl (C=O) groups excluding carboxylic acids is 1. The Kier molecular flexibility index (Phi) is 4.04. The first-order valence-electron chi connectivity index (χ1n) is 10.8. The molecule has 4 aliphatic rings. The molecule has 0 aromatic carbocycles. The molecule has 25 heavy (non-hydrogen) atoms. The molecule has 0 saturated heterocycles. The van der Waals surface area contributed by atoms with Crippen molar-refractivity contribution in [2.75, 3.05) is 0 Å².